The van der Waals surface area contributed by atoms with Crippen LogP contribution in [0.2, 0.25) is 0 Å². The van der Waals surface area contributed by atoms with Crippen LogP contribution in [-0.4, -0.2) is 72.0 Å². The molecule has 0 radical (unpaired) electrons. The predicted octanol–water partition coefficient (Wildman–Crippen LogP) is 2.01. The fourth-order valence-electron chi connectivity index (χ4n) is 8.91. The van der Waals surface area contributed by atoms with Gasteiger partial charge in [-0.3, -0.25) is 4.79 Å². The molecule has 0 aromatic rings. The van der Waals surface area contributed by atoms with Crippen molar-refractivity contribution in [3.63, 3.8) is 0 Å². The van der Waals surface area contributed by atoms with E-state index in [2.05, 4.69) is 0 Å². The highest BCUT2D eigenvalue weighted by Crippen LogP contribution is 2.69. The van der Waals surface area contributed by atoms with Crippen LogP contribution in [0.25, 0.3) is 0 Å². The molecule has 0 amide bonds. The van der Waals surface area contributed by atoms with Gasteiger partial charge in [0, 0.05) is 17.3 Å². The summed E-state index contributed by atoms with van der Waals surface area (Å²) in [5.74, 6) is -1.00. The Morgan fingerprint density at radius 1 is 0.912 bits per heavy atom. The van der Waals surface area contributed by atoms with Crippen molar-refractivity contribution >= 4 is 5.78 Å². The Morgan fingerprint density at radius 2 is 1.56 bits per heavy atom. The Kier molecular flexibility index (Phi) is 5.22. The summed E-state index contributed by atoms with van der Waals surface area (Å²) in [6.45, 7) is 9.77. The summed E-state index contributed by atoms with van der Waals surface area (Å²) in [4.78, 5) is 13.4. The zero-order valence-corrected chi connectivity index (χ0v) is 21.2. The number of ketones is 1. The van der Waals surface area contributed by atoms with E-state index in [1.807, 2.05) is 34.6 Å². The normalized spacial score (nSPS) is 54.0. The van der Waals surface area contributed by atoms with Gasteiger partial charge in [0.1, 0.15) is 5.60 Å². The zero-order valence-electron chi connectivity index (χ0n) is 21.2. The second kappa shape index (κ2) is 7.14. The van der Waals surface area contributed by atoms with Gasteiger partial charge in [-0.1, -0.05) is 13.8 Å². The Bertz CT molecular complexity index is 926. The van der Waals surface area contributed by atoms with E-state index in [0.29, 0.717) is 31.3 Å². The zero-order chi connectivity index (χ0) is 25.1. The van der Waals surface area contributed by atoms with Crippen LogP contribution in [0, 0.1) is 22.7 Å². The maximum absolute atomic E-state index is 13.4. The van der Waals surface area contributed by atoms with Crippen molar-refractivity contribution in [3.8, 4) is 0 Å². The van der Waals surface area contributed by atoms with Gasteiger partial charge in [-0.15, -0.1) is 0 Å². The van der Waals surface area contributed by atoms with Crippen LogP contribution in [0.1, 0.15) is 86.0 Å². The van der Waals surface area contributed by atoms with E-state index < -0.39 is 45.6 Å². The van der Waals surface area contributed by atoms with Gasteiger partial charge in [-0.25, -0.2) is 0 Å². The molecule has 7 nitrogen and oxygen atoms in total. The van der Waals surface area contributed by atoms with E-state index in [1.165, 1.54) is 6.08 Å². The van der Waals surface area contributed by atoms with Crippen molar-refractivity contribution in [1.82, 2.24) is 0 Å². The second-order valence-electron chi connectivity index (χ2n) is 13.4. The van der Waals surface area contributed by atoms with Crippen molar-refractivity contribution < 1.29 is 35.1 Å². The fraction of sp³-hybridized carbons (Fsp3) is 0.889. The molecule has 1 heterocycles. The van der Waals surface area contributed by atoms with Crippen LogP contribution < -0.4 is 0 Å². The van der Waals surface area contributed by atoms with Crippen LogP contribution >= 0.6 is 0 Å². The Labute approximate surface area is 202 Å². The molecule has 192 valence electrons. The van der Waals surface area contributed by atoms with Gasteiger partial charge < -0.3 is 30.3 Å². The van der Waals surface area contributed by atoms with Crippen LogP contribution in [0.15, 0.2) is 11.6 Å². The number of fused-ring (bicyclic) bond motifs is 5. The second-order valence-corrected chi connectivity index (χ2v) is 13.4. The molecule has 1 aliphatic heterocycles. The van der Waals surface area contributed by atoms with Gasteiger partial charge in [-0.05, 0) is 89.2 Å². The number of carbonyl (C=O) groups excluding carboxylic acids is 1. The molecule has 7 heteroatoms. The molecule has 0 aromatic carbocycles. The van der Waals surface area contributed by atoms with Gasteiger partial charge in [-0.2, -0.15) is 0 Å². The van der Waals surface area contributed by atoms with E-state index in [9.17, 15) is 30.3 Å². The highest BCUT2D eigenvalue weighted by Gasteiger charge is 2.72. The highest BCUT2D eigenvalue weighted by atomic mass is 16.5. The molecule has 10 atom stereocenters. The molecule has 5 rings (SSSR count). The molecule has 34 heavy (non-hydrogen) atoms. The first kappa shape index (κ1) is 24.8. The van der Waals surface area contributed by atoms with Gasteiger partial charge in [0.05, 0.1) is 35.1 Å². The molecule has 5 aliphatic rings. The number of carbonyl (C=O) groups is 1. The lowest BCUT2D eigenvalue weighted by Gasteiger charge is -2.62. The minimum Gasteiger partial charge on any atom is -0.390 e. The summed E-state index contributed by atoms with van der Waals surface area (Å²) < 4.78 is 6.24. The minimum atomic E-state index is -1.77. The standard InChI is InChI=1S/C27H42O7/c1-22(2)9-8-21(34-22)25(5,31)19-7-11-26(32)16-12-20(30)27(33)14-18(29)17(28)13-24(27,4)15(16)6-10-23(19,26)3/h12,15,17-19,21,28-29,31-33H,6-11,13-14H2,1-5H3/t15-,17-,18+,19+,21?,23+,24+,25+,26?,27+/m0/s1. The molecular formula is C27H42O7. The maximum atomic E-state index is 13.4. The largest absolute Gasteiger partial charge is 0.390 e. The third-order valence-electron chi connectivity index (χ3n) is 11.1. The lowest BCUT2D eigenvalue weighted by molar-refractivity contribution is -0.213. The van der Waals surface area contributed by atoms with Crippen molar-refractivity contribution in [2.45, 2.75) is 127 Å². The molecule has 2 unspecified atom stereocenters. The summed E-state index contributed by atoms with van der Waals surface area (Å²) in [6, 6.07) is 0. The van der Waals surface area contributed by atoms with Gasteiger partial charge in [0.15, 0.2) is 5.78 Å². The summed E-state index contributed by atoms with van der Waals surface area (Å²) >= 11 is 0. The van der Waals surface area contributed by atoms with Crippen LogP contribution in [0.4, 0.5) is 0 Å². The van der Waals surface area contributed by atoms with E-state index in [-0.39, 0.29) is 36.4 Å². The predicted molar refractivity (Wildman–Crippen MR) is 125 cm³/mol. The molecule has 0 aromatic heterocycles. The minimum absolute atomic E-state index is 0.0946. The number of rotatable bonds is 2. The fourth-order valence-corrected chi connectivity index (χ4v) is 8.91. The molecule has 4 fully saturated rings. The third kappa shape index (κ3) is 2.94. The van der Waals surface area contributed by atoms with E-state index in [1.54, 1.807) is 0 Å². The summed E-state index contributed by atoms with van der Waals surface area (Å²) in [6.07, 6.45) is 2.75. The summed E-state index contributed by atoms with van der Waals surface area (Å²) in [5, 5.41) is 56.4. The van der Waals surface area contributed by atoms with Crippen molar-refractivity contribution in [1.29, 1.82) is 0 Å². The molecule has 3 saturated carbocycles. The molecular weight excluding hydrogens is 436 g/mol. The monoisotopic (exact) mass is 478 g/mol. The average Bonchev–Trinajstić information content (AvgIpc) is 3.23. The van der Waals surface area contributed by atoms with Gasteiger partial charge in [0.2, 0.25) is 0 Å². The van der Waals surface area contributed by atoms with Gasteiger partial charge >= 0.3 is 0 Å². The van der Waals surface area contributed by atoms with E-state index >= 15 is 0 Å². The number of hydrogen-bond donors (Lipinski definition) is 5. The number of hydrogen-bond acceptors (Lipinski definition) is 7. The first-order valence-electron chi connectivity index (χ1n) is 13.0. The molecule has 5 N–H and O–H groups in total. The number of ether oxygens (including phenoxy) is 1. The summed E-state index contributed by atoms with van der Waals surface area (Å²) in [7, 11) is 0. The Hall–Kier alpha value is -0.830. The Balaban J connectivity index is 1.53. The number of aliphatic hydroxyl groups excluding tert-OH is 2. The van der Waals surface area contributed by atoms with Gasteiger partial charge in [0.25, 0.3) is 0 Å². The van der Waals surface area contributed by atoms with E-state index in [0.717, 1.165) is 12.8 Å². The highest BCUT2D eigenvalue weighted by molar-refractivity contribution is 6.00. The van der Waals surface area contributed by atoms with E-state index in [4.69, 9.17) is 4.74 Å². The van der Waals surface area contributed by atoms with Crippen molar-refractivity contribution in [3.05, 3.63) is 11.6 Å². The van der Waals surface area contributed by atoms with Crippen LogP contribution in [0.3, 0.4) is 0 Å². The molecule has 1 saturated heterocycles. The lowest BCUT2D eigenvalue weighted by Crippen LogP contribution is -2.69. The maximum Gasteiger partial charge on any atom is 0.187 e. The lowest BCUT2D eigenvalue weighted by atomic mass is 9.44. The van der Waals surface area contributed by atoms with Crippen LogP contribution in [-0.2, 0) is 9.53 Å². The first-order chi connectivity index (χ1) is 15.5. The smallest absolute Gasteiger partial charge is 0.187 e. The number of aliphatic hydroxyl groups is 5. The van der Waals surface area contributed by atoms with Crippen molar-refractivity contribution in [2.24, 2.45) is 22.7 Å². The quantitative estimate of drug-likeness (QED) is 0.411. The van der Waals surface area contributed by atoms with Crippen LogP contribution in [0.5, 0.6) is 0 Å². The summed E-state index contributed by atoms with van der Waals surface area (Å²) in [5.41, 5.74) is -5.48. The molecule has 4 aliphatic carbocycles. The Morgan fingerprint density at radius 3 is 2.18 bits per heavy atom. The SMILES string of the molecule is CC1(C)CCC([C@](C)(O)[C@@H]2CCC3(O)C4=CC(=O)[C@]5(O)C[C@@H](O)[C@@H](O)C[C@]5(C)[C@H]4CC[C@]23C)O1. The average molecular weight is 479 g/mol. The van der Waals surface area contributed by atoms with Crippen molar-refractivity contribution in [2.75, 3.05) is 0 Å². The first-order valence-corrected chi connectivity index (χ1v) is 13.0. The molecule has 0 bridgehead atoms. The molecule has 0 spiro atoms. The topological polar surface area (TPSA) is 127 Å². The third-order valence-corrected chi connectivity index (χ3v) is 11.1.